The molecule has 3 rings (SSSR count). The number of aromatic nitrogens is 1. The zero-order chi connectivity index (χ0) is 17.5. The first kappa shape index (κ1) is 17.3. The maximum absolute atomic E-state index is 12.7. The number of thiazole rings is 1. The second-order valence-electron chi connectivity index (χ2n) is 5.74. The van der Waals surface area contributed by atoms with Gasteiger partial charge in [0.1, 0.15) is 5.01 Å². The molecule has 0 bridgehead atoms. The van der Waals surface area contributed by atoms with Crippen LogP contribution in [0.4, 0.5) is 0 Å². The fraction of sp³-hybridized carbons (Fsp3) is 0.333. The van der Waals surface area contributed by atoms with Crippen LogP contribution in [-0.2, 0) is 14.8 Å². The van der Waals surface area contributed by atoms with Crippen LogP contribution < -0.4 is 0 Å². The quantitative estimate of drug-likeness (QED) is 0.872. The van der Waals surface area contributed by atoms with Gasteiger partial charge in [0, 0.05) is 29.1 Å². The van der Waals surface area contributed by atoms with Crippen LogP contribution in [0.2, 0.25) is 5.02 Å². The predicted octanol–water partition coefficient (Wildman–Crippen LogP) is 2.80. The van der Waals surface area contributed by atoms with Gasteiger partial charge in [-0.05, 0) is 18.1 Å². The molecule has 1 N–H and O–H groups in total. The molecular weight excluding hydrogens is 372 g/mol. The molecule has 0 amide bonds. The SMILES string of the molecule is C[C@@H]1CN(S(=O)(=O)c2csc(-c3ccc(Cl)cc3)n2)C[C@H]1C(=O)O. The lowest BCUT2D eigenvalue weighted by molar-refractivity contribution is -0.142. The standard InChI is InChI=1S/C15H15ClN2O4S2/c1-9-6-18(7-12(9)15(19)20)24(21,22)13-8-23-14(17-13)10-2-4-11(16)5-3-10/h2-5,8-9,12H,6-7H2,1H3,(H,19,20)/t9-,12-/m1/s1. The molecule has 6 nitrogen and oxygen atoms in total. The minimum Gasteiger partial charge on any atom is -0.481 e. The molecule has 0 unspecified atom stereocenters. The van der Waals surface area contributed by atoms with Gasteiger partial charge in [-0.2, -0.15) is 4.31 Å². The van der Waals surface area contributed by atoms with Gasteiger partial charge in [0.2, 0.25) is 0 Å². The molecule has 0 saturated carbocycles. The number of carboxylic acids is 1. The first-order chi connectivity index (χ1) is 11.3. The van der Waals surface area contributed by atoms with Gasteiger partial charge >= 0.3 is 5.97 Å². The Balaban J connectivity index is 1.86. The third-order valence-electron chi connectivity index (χ3n) is 4.07. The highest BCUT2D eigenvalue weighted by molar-refractivity contribution is 7.89. The van der Waals surface area contributed by atoms with Gasteiger partial charge in [0.05, 0.1) is 5.92 Å². The summed E-state index contributed by atoms with van der Waals surface area (Å²) in [5.41, 5.74) is 0.782. The molecule has 1 aromatic heterocycles. The van der Waals surface area contributed by atoms with Gasteiger partial charge in [-0.3, -0.25) is 4.79 Å². The molecule has 9 heteroatoms. The summed E-state index contributed by atoms with van der Waals surface area (Å²) >= 11 is 7.07. The van der Waals surface area contributed by atoms with Gasteiger partial charge in [0.25, 0.3) is 10.0 Å². The molecule has 0 radical (unpaired) electrons. The van der Waals surface area contributed by atoms with Crippen LogP contribution in [0.3, 0.4) is 0 Å². The average Bonchev–Trinajstić information content (AvgIpc) is 3.15. The van der Waals surface area contributed by atoms with Crippen molar-refractivity contribution in [3.63, 3.8) is 0 Å². The van der Waals surface area contributed by atoms with Gasteiger partial charge in [-0.15, -0.1) is 11.3 Å². The van der Waals surface area contributed by atoms with E-state index in [0.29, 0.717) is 10.0 Å². The molecular formula is C15H15ClN2O4S2. The van der Waals surface area contributed by atoms with Crippen molar-refractivity contribution in [1.82, 2.24) is 9.29 Å². The zero-order valence-corrected chi connectivity index (χ0v) is 15.1. The van der Waals surface area contributed by atoms with Crippen molar-refractivity contribution in [2.75, 3.05) is 13.1 Å². The fourth-order valence-electron chi connectivity index (χ4n) is 2.67. The second-order valence-corrected chi connectivity index (χ2v) is 8.92. The van der Waals surface area contributed by atoms with Crippen molar-refractivity contribution >= 4 is 38.9 Å². The van der Waals surface area contributed by atoms with E-state index in [2.05, 4.69) is 4.98 Å². The Morgan fingerprint density at radius 3 is 2.58 bits per heavy atom. The Morgan fingerprint density at radius 2 is 2.00 bits per heavy atom. The van der Waals surface area contributed by atoms with E-state index in [4.69, 9.17) is 16.7 Å². The minimum atomic E-state index is -3.79. The summed E-state index contributed by atoms with van der Waals surface area (Å²) in [5, 5.41) is 11.8. The van der Waals surface area contributed by atoms with E-state index in [-0.39, 0.29) is 24.0 Å². The maximum Gasteiger partial charge on any atom is 0.308 e. The summed E-state index contributed by atoms with van der Waals surface area (Å²) in [5.74, 6) is -1.89. The van der Waals surface area contributed by atoms with Crippen molar-refractivity contribution in [2.45, 2.75) is 11.9 Å². The molecule has 1 saturated heterocycles. The monoisotopic (exact) mass is 386 g/mol. The van der Waals surface area contributed by atoms with Crippen LogP contribution in [0.15, 0.2) is 34.7 Å². The number of carboxylic acid groups (broad SMARTS) is 1. The van der Waals surface area contributed by atoms with E-state index in [0.717, 1.165) is 5.56 Å². The summed E-state index contributed by atoms with van der Waals surface area (Å²) in [7, 11) is -3.79. The molecule has 128 valence electrons. The van der Waals surface area contributed by atoms with Crippen molar-refractivity contribution in [2.24, 2.45) is 11.8 Å². The van der Waals surface area contributed by atoms with E-state index in [1.54, 1.807) is 31.2 Å². The lowest BCUT2D eigenvalue weighted by Crippen LogP contribution is -2.30. The Bertz CT molecular complexity index is 864. The summed E-state index contributed by atoms with van der Waals surface area (Å²) in [6.07, 6.45) is 0. The second kappa shape index (κ2) is 6.44. The van der Waals surface area contributed by atoms with Crippen molar-refractivity contribution in [3.05, 3.63) is 34.7 Å². The first-order valence-corrected chi connectivity index (χ1v) is 9.93. The molecule has 1 aromatic carbocycles. The Morgan fingerprint density at radius 1 is 1.33 bits per heavy atom. The van der Waals surface area contributed by atoms with Gasteiger partial charge in [-0.1, -0.05) is 30.7 Å². The molecule has 1 fully saturated rings. The highest BCUT2D eigenvalue weighted by Crippen LogP contribution is 2.31. The van der Waals surface area contributed by atoms with Crippen LogP contribution >= 0.6 is 22.9 Å². The number of carbonyl (C=O) groups is 1. The van der Waals surface area contributed by atoms with E-state index < -0.39 is 21.9 Å². The number of halogens is 1. The first-order valence-electron chi connectivity index (χ1n) is 7.23. The third-order valence-corrected chi connectivity index (χ3v) is 7.08. The number of nitrogens with zero attached hydrogens (tertiary/aromatic N) is 2. The summed E-state index contributed by atoms with van der Waals surface area (Å²) in [6.45, 7) is 1.91. The number of hydrogen-bond acceptors (Lipinski definition) is 5. The molecule has 24 heavy (non-hydrogen) atoms. The number of sulfonamides is 1. The van der Waals surface area contributed by atoms with Crippen LogP contribution in [-0.4, -0.2) is 41.9 Å². The predicted molar refractivity (Wildman–Crippen MR) is 91.6 cm³/mol. The van der Waals surface area contributed by atoms with Crippen LogP contribution in [0.25, 0.3) is 10.6 Å². The molecule has 2 heterocycles. The van der Waals surface area contributed by atoms with E-state index >= 15 is 0 Å². The fourth-order valence-corrected chi connectivity index (χ4v) is 5.44. The van der Waals surface area contributed by atoms with Crippen LogP contribution in [0.1, 0.15) is 6.92 Å². The van der Waals surface area contributed by atoms with E-state index in [1.807, 2.05) is 0 Å². The molecule has 0 spiro atoms. The number of benzene rings is 1. The Labute approximate surface area is 148 Å². The Hall–Kier alpha value is -1.48. The highest BCUT2D eigenvalue weighted by Gasteiger charge is 2.41. The lowest BCUT2D eigenvalue weighted by atomic mass is 9.99. The van der Waals surface area contributed by atoms with Crippen LogP contribution in [0, 0.1) is 11.8 Å². The van der Waals surface area contributed by atoms with Gasteiger partial charge in [-0.25, -0.2) is 13.4 Å². The number of hydrogen-bond donors (Lipinski definition) is 1. The molecule has 1 aliphatic rings. The summed E-state index contributed by atoms with van der Waals surface area (Å²) in [6, 6.07) is 6.98. The van der Waals surface area contributed by atoms with Gasteiger partial charge < -0.3 is 5.11 Å². The normalized spacial score (nSPS) is 21.9. The smallest absolute Gasteiger partial charge is 0.308 e. The highest BCUT2D eigenvalue weighted by atomic mass is 35.5. The molecule has 0 aliphatic carbocycles. The Kier molecular flexibility index (Phi) is 4.65. The van der Waals surface area contributed by atoms with Crippen LogP contribution in [0.5, 0.6) is 0 Å². The van der Waals surface area contributed by atoms with Crippen molar-refractivity contribution in [1.29, 1.82) is 0 Å². The van der Waals surface area contributed by atoms with Crippen molar-refractivity contribution < 1.29 is 18.3 Å². The lowest BCUT2D eigenvalue weighted by Gasteiger charge is -2.13. The molecule has 2 atom stereocenters. The number of rotatable bonds is 4. The topological polar surface area (TPSA) is 87.6 Å². The summed E-state index contributed by atoms with van der Waals surface area (Å²) < 4.78 is 26.6. The van der Waals surface area contributed by atoms with Crippen molar-refractivity contribution in [3.8, 4) is 10.6 Å². The minimum absolute atomic E-state index is 0.0212. The molecule has 1 aliphatic heterocycles. The van der Waals surface area contributed by atoms with E-state index in [1.165, 1.54) is 21.0 Å². The largest absolute Gasteiger partial charge is 0.481 e. The number of aliphatic carboxylic acids is 1. The van der Waals surface area contributed by atoms with Gasteiger partial charge in [0.15, 0.2) is 5.03 Å². The summed E-state index contributed by atoms with van der Waals surface area (Å²) in [4.78, 5) is 15.4. The average molecular weight is 387 g/mol. The third kappa shape index (κ3) is 3.19. The zero-order valence-electron chi connectivity index (χ0n) is 12.7. The van der Waals surface area contributed by atoms with E-state index in [9.17, 15) is 13.2 Å². The molecule has 2 aromatic rings. The maximum atomic E-state index is 12.7.